The second-order valence-corrected chi connectivity index (χ2v) is 5.74. The molecule has 1 unspecified atom stereocenters. The van der Waals surface area contributed by atoms with E-state index < -0.39 is 6.04 Å². The molecule has 104 valence electrons. The first-order valence-corrected chi connectivity index (χ1v) is 6.43. The summed E-state index contributed by atoms with van der Waals surface area (Å²) in [7, 11) is 0. The van der Waals surface area contributed by atoms with E-state index in [0.717, 1.165) is 5.69 Å². The minimum atomic E-state index is -0.410. The second kappa shape index (κ2) is 5.17. The molecule has 1 aromatic rings. The Bertz CT molecular complexity index is 458. The topological polar surface area (TPSA) is 58.4 Å². The van der Waals surface area contributed by atoms with Crippen molar-refractivity contribution in [3.05, 3.63) is 30.1 Å². The summed E-state index contributed by atoms with van der Waals surface area (Å²) in [6.07, 6.45) is 0. The molecule has 0 aromatic heterocycles. The van der Waals surface area contributed by atoms with E-state index in [2.05, 4.69) is 19.2 Å². The van der Waals surface area contributed by atoms with Gasteiger partial charge in [-0.3, -0.25) is 4.79 Å². The van der Waals surface area contributed by atoms with Crippen molar-refractivity contribution in [3.63, 3.8) is 0 Å². The van der Waals surface area contributed by atoms with Crippen LogP contribution in [0.15, 0.2) is 24.3 Å². The Labute approximate surface area is 112 Å². The Balaban J connectivity index is 2.36. The zero-order valence-corrected chi connectivity index (χ0v) is 11.3. The molecular formula is C14H20FN3O. The molecule has 0 radical (unpaired) electrons. The molecule has 1 aliphatic rings. The molecule has 0 saturated carbocycles. The predicted molar refractivity (Wildman–Crippen MR) is 73.4 cm³/mol. The number of nitrogens with two attached hydrogens (primary N) is 1. The fourth-order valence-electron chi connectivity index (χ4n) is 2.35. The lowest BCUT2D eigenvalue weighted by molar-refractivity contribution is -0.121. The van der Waals surface area contributed by atoms with Gasteiger partial charge in [0, 0.05) is 25.3 Å². The molecule has 1 saturated heterocycles. The molecule has 19 heavy (non-hydrogen) atoms. The highest BCUT2D eigenvalue weighted by Gasteiger charge is 2.34. The minimum absolute atomic E-state index is 0.0615. The van der Waals surface area contributed by atoms with Crippen LogP contribution in [0.1, 0.15) is 13.8 Å². The molecule has 3 N–H and O–H groups in total. The summed E-state index contributed by atoms with van der Waals surface area (Å²) in [6.45, 7) is 5.71. The van der Waals surface area contributed by atoms with E-state index in [1.54, 1.807) is 12.1 Å². The Morgan fingerprint density at radius 1 is 1.42 bits per heavy atom. The third-order valence-corrected chi connectivity index (χ3v) is 3.40. The monoisotopic (exact) mass is 265 g/mol. The van der Waals surface area contributed by atoms with Crippen LogP contribution in [0.2, 0.25) is 0 Å². The molecule has 0 spiro atoms. The van der Waals surface area contributed by atoms with Gasteiger partial charge in [-0.2, -0.15) is 0 Å². The van der Waals surface area contributed by atoms with Crippen LogP contribution in [-0.4, -0.2) is 31.6 Å². The van der Waals surface area contributed by atoms with Gasteiger partial charge in [-0.05, 0) is 29.7 Å². The standard InChI is InChI=1S/C14H20FN3O/c1-14(2)8-17-13(19)12(7-16)18(9-14)11-5-3-10(15)4-6-11/h3-6,12H,7-9,16H2,1-2H3,(H,17,19). The quantitative estimate of drug-likeness (QED) is 0.842. The maximum absolute atomic E-state index is 13.0. The maximum Gasteiger partial charge on any atom is 0.244 e. The first kappa shape index (κ1) is 13.8. The van der Waals surface area contributed by atoms with E-state index in [1.165, 1.54) is 12.1 Å². The van der Waals surface area contributed by atoms with Crippen LogP contribution >= 0.6 is 0 Å². The van der Waals surface area contributed by atoms with Crippen molar-refractivity contribution >= 4 is 11.6 Å². The molecule has 1 heterocycles. The Hall–Kier alpha value is -1.62. The van der Waals surface area contributed by atoms with E-state index in [9.17, 15) is 9.18 Å². The predicted octanol–water partition coefficient (Wildman–Crippen LogP) is 1.12. The summed E-state index contributed by atoms with van der Waals surface area (Å²) in [4.78, 5) is 14.0. The Morgan fingerprint density at radius 3 is 2.63 bits per heavy atom. The lowest BCUT2D eigenvalue weighted by Gasteiger charge is -2.34. The van der Waals surface area contributed by atoms with E-state index >= 15 is 0 Å². The highest BCUT2D eigenvalue weighted by Crippen LogP contribution is 2.26. The average molecular weight is 265 g/mol. The molecule has 1 atom stereocenters. The summed E-state index contributed by atoms with van der Waals surface area (Å²) in [5, 5.41) is 2.91. The number of nitrogens with one attached hydrogen (secondary N) is 1. The van der Waals surface area contributed by atoms with Gasteiger partial charge >= 0.3 is 0 Å². The lowest BCUT2D eigenvalue weighted by atomic mass is 9.93. The van der Waals surface area contributed by atoms with Crippen LogP contribution in [-0.2, 0) is 4.79 Å². The summed E-state index contributed by atoms with van der Waals surface area (Å²) >= 11 is 0. The molecule has 1 aliphatic heterocycles. The highest BCUT2D eigenvalue weighted by atomic mass is 19.1. The normalized spacial score (nSPS) is 22.8. The number of hydrogen-bond donors (Lipinski definition) is 2. The molecule has 1 amide bonds. The van der Waals surface area contributed by atoms with Crippen molar-refractivity contribution in [2.24, 2.45) is 11.1 Å². The van der Waals surface area contributed by atoms with Crippen LogP contribution in [0, 0.1) is 11.2 Å². The number of nitrogens with zero attached hydrogens (tertiary/aromatic N) is 1. The van der Waals surface area contributed by atoms with Crippen LogP contribution in [0.4, 0.5) is 10.1 Å². The largest absolute Gasteiger partial charge is 0.358 e. The van der Waals surface area contributed by atoms with Gasteiger partial charge in [0.2, 0.25) is 5.91 Å². The number of rotatable bonds is 2. The average Bonchev–Trinajstić information content (AvgIpc) is 2.47. The van der Waals surface area contributed by atoms with Crippen molar-refractivity contribution < 1.29 is 9.18 Å². The van der Waals surface area contributed by atoms with Crippen LogP contribution in [0.25, 0.3) is 0 Å². The van der Waals surface area contributed by atoms with Crippen LogP contribution < -0.4 is 16.0 Å². The van der Waals surface area contributed by atoms with E-state index in [0.29, 0.717) is 13.1 Å². The van der Waals surface area contributed by atoms with Crippen molar-refractivity contribution in [1.29, 1.82) is 0 Å². The SMILES string of the molecule is CC1(C)CNC(=O)C(CN)N(c2ccc(F)cc2)C1. The summed E-state index contributed by atoms with van der Waals surface area (Å²) in [5.41, 5.74) is 6.49. The molecule has 0 bridgehead atoms. The first-order chi connectivity index (χ1) is 8.93. The lowest BCUT2D eigenvalue weighted by Crippen LogP contribution is -2.49. The van der Waals surface area contributed by atoms with Crippen LogP contribution in [0.5, 0.6) is 0 Å². The zero-order valence-electron chi connectivity index (χ0n) is 11.3. The Kier molecular flexibility index (Phi) is 3.75. The van der Waals surface area contributed by atoms with Gasteiger partial charge in [0.1, 0.15) is 11.9 Å². The number of carbonyl (C=O) groups excluding carboxylic acids is 1. The minimum Gasteiger partial charge on any atom is -0.358 e. The molecule has 1 fully saturated rings. The number of halogens is 1. The van der Waals surface area contributed by atoms with E-state index in [1.807, 2.05) is 4.90 Å². The van der Waals surface area contributed by atoms with Crippen molar-refractivity contribution in [2.45, 2.75) is 19.9 Å². The van der Waals surface area contributed by atoms with Crippen molar-refractivity contribution in [3.8, 4) is 0 Å². The number of carbonyl (C=O) groups is 1. The number of hydrogen-bond acceptors (Lipinski definition) is 3. The number of anilines is 1. The molecule has 5 heteroatoms. The molecule has 4 nitrogen and oxygen atoms in total. The molecular weight excluding hydrogens is 245 g/mol. The van der Waals surface area contributed by atoms with Gasteiger partial charge in [-0.1, -0.05) is 13.8 Å². The molecule has 2 rings (SSSR count). The molecule has 0 aliphatic carbocycles. The maximum atomic E-state index is 13.0. The summed E-state index contributed by atoms with van der Waals surface area (Å²) < 4.78 is 13.0. The van der Waals surface area contributed by atoms with Gasteiger partial charge in [0.05, 0.1) is 0 Å². The molecule has 1 aromatic carbocycles. The Morgan fingerprint density at radius 2 is 2.05 bits per heavy atom. The second-order valence-electron chi connectivity index (χ2n) is 5.74. The fraction of sp³-hybridized carbons (Fsp3) is 0.500. The van der Waals surface area contributed by atoms with Gasteiger partial charge in [-0.25, -0.2) is 4.39 Å². The van der Waals surface area contributed by atoms with E-state index in [4.69, 9.17) is 5.73 Å². The van der Waals surface area contributed by atoms with Gasteiger partial charge < -0.3 is 16.0 Å². The third kappa shape index (κ3) is 3.04. The van der Waals surface area contributed by atoms with Crippen LogP contribution in [0.3, 0.4) is 0 Å². The number of amides is 1. The fourth-order valence-corrected chi connectivity index (χ4v) is 2.35. The third-order valence-electron chi connectivity index (χ3n) is 3.40. The number of benzene rings is 1. The van der Waals surface area contributed by atoms with Gasteiger partial charge in [0.25, 0.3) is 0 Å². The summed E-state index contributed by atoms with van der Waals surface area (Å²) in [5.74, 6) is -0.357. The first-order valence-electron chi connectivity index (χ1n) is 6.43. The van der Waals surface area contributed by atoms with Crippen molar-refractivity contribution in [1.82, 2.24) is 5.32 Å². The van der Waals surface area contributed by atoms with Crippen molar-refractivity contribution in [2.75, 3.05) is 24.5 Å². The summed E-state index contributed by atoms with van der Waals surface area (Å²) in [6, 6.07) is 5.77. The smallest absolute Gasteiger partial charge is 0.244 e. The van der Waals surface area contributed by atoms with Gasteiger partial charge in [-0.15, -0.1) is 0 Å². The van der Waals surface area contributed by atoms with Gasteiger partial charge in [0.15, 0.2) is 0 Å². The zero-order chi connectivity index (χ0) is 14.0. The van der Waals surface area contributed by atoms with E-state index in [-0.39, 0.29) is 23.7 Å². The highest BCUT2D eigenvalue weighted by molar-refractivity contribution is 5.86.